The van der Waals surface area contributed by atoms with Crippen LogP contribution in [0, 0.1) is 0 Å². The first-order valence-corrected chi connectivity index (χ1v) is 4.36. The number of hydrogen-bond donors (Lipinski definition) is 2. The molecule has 1 rings (SSSR count). The fraction of sp³-hybridized carbons (Fsp3) is 0.111. The van der Waals surface area contributed by atoms with E-state index in [4.69, 9.17) is 16.7 Å². The van der Waals surface area contributed by atoms with E-state index in [0.29, 0.717) is 5.69 Å². The van der Waals surface area contributed by atoms with Crippen LogP contribution in [0.15, 0.2) is 24.3 Å². The molecule has 0 heterocycles. The zero-order valence-electron chi connectivity index (χ0n) is 7.16. The zero-order valence-corrected chi connectivity index (χ0v) is 7.91. The minimum atomic E-state index is -1.000. The van der Waals surface area contributed by atoms with Crippen molar-refractivity contribution < 1.29 is 14.7 Å². The maximum atomic E-state index is 10.8. The number of aromatic carboxylic acids is 1. The molecule has 1 aromatic rings. The van der Waals surface area contributed by atoms with Crippen molar-refractivity contribution >= 4 is 29.2 Å². The number of carbonyl (C=O) groups excluding carboxylic acids is 1. The second kappa shape index (κ2) is 4.62. The Morgan fingerprint density at radius 1 is 1.29 bits per heavy atom. The average Bonchev–Trinajstić information content (AvgIpc) is 2.18. The summed E-state index contributed by atoms with van der Waals surface area (Å²) in [4.78, 5) is 21.3. The van der Waals surface area contributed by atoms with Crippen LogP contribution in [0.25, 0.3) is 0 Å². The standard InChI is InChI=1S/C9H8ClNO3/c10-5-8(12)11-7-3-1-6(2-4-7)9(13)14/h1-4H,5H2,(H,11,12)(H,13,14). The second-order valence-corrected chi connectivity index (χ2v) is 2.83. The van der Waals surface area contributed by atoms with Crippen LogP contribution in [0.5, 0.6) is 0 Å². The summed E-state index contributed by atoms with van der Waals surface area (Å²) in [6, 6.07) is 5.83. The van der Waals surface area contributed by atoms with Crippen LogP contribution in [0.1, 0.15) is 10.4 Å². The molecule has 5 heteroatoms. The summed E-state index contributed by atoms with van der Waals surface area (Å²) in [7, 11) is 0. The van der Waals surface area contributed by atoms with Crippen LogP contribution >= 0.6 is 11.6 Å². The van der Waals surface area contributed by atoms with Crippen LogP contribution in [0.2, 0.25) is 0 Å². The van der Waals surface area contributed by atoms with Crippen LogP contribution < -0.4 is 5.32 Å². The van der Waals surface area contributed by atoms with Gasteiger partial charge in [0.2, 0.25) is 5.91 Å². The van der Waals surface area contributed by atoms with Crippen molar-refractivity contribution in [1.82, 2.24) is 0 Å². The number of rotatable bonds is 3. The highest BCUT2D eigenvalue weighted by Gasteiger charge is 2.03. The summed E-state index contributed by atoms with van der Waals surface area (Å²) in [5, 5.41) is 11.1. The molecular formula is C9H8ClNO3. The van der Waals surface area contributed by atoms with Gasteiger partial charge in [-0.3, -0.25) is 4.79 Å². The third kappa shape index (κ3) is 2.74. The van der Waals surface area contributed by atoms with Crippen molar-refractivity contribution in [2.24, 2.45) is 0 Å². The quantitative estimate of drug-likeness (QED) is 0.749. The van der Waals surface area contributed by atoms with Crippen LogP contribution in [-0.2, 0) is 4.79 Å². The molecule has 0 saturated heterocycles. The van der Waals surface area contributed by atoms with Gasteiger partial charge in [0.1, 0.15) is 5.88 Å². The number of nitrogens with one attached hydrogen (secondary N) is 1. The topological polar surface area (TPSA) is 66.4 Å². The molecule has 1 amide bonds. The maximum absolute atomic E-state index is 10.8. The Balaban J connectivity index is 2.73. The van der Waals surface area contributed by atoms with E-state index in [-0.39, 0.29) is 17.4 Å². The molecule has 0 aliphatic heterocycles. The number of alkyl halides is 1. The van der Waals surface area contributed by atoms with E-state index in [9.17, 15) is 9.59 Å². The van der Waals surface area contributed by atoms with Crippen molar-refractivity contribution in [2.75, 3.05) is 11.2 Å². The predicted octanol–water partition coefficient (Wildman–Crippen LogP) is 1.56. The first-order valence-electron chi connectivity index (χ1n) is 3.82. The van der Waals surface area contributed by atoms with E-state index in [1.54, 1.807) is 0 Å². The molecule has 0 unspecified atom stereocenters. The SMILES string of the molecule is O=C(CCl)Nc1ccc(C(=O)O)cc1. The van der Waals surface area contributed by atoms with Crippen molar-refractivity contribution in [1.29, 1.82) is 0 Å². The third-order valence-corrected chi connectivity index (χ3v) is 1.78. The van der Waals surface area contributed by atoms with Gasteiger partial charge in [0.05, 0.1) is 5.56 Å². The number of carboxylic acid groups (broad SMARTS) is 1. The highest BCUT2D eigenvalue weighted by atomic mass is 35.5. The number of halogens is 1. The van der Waals surface area contributed by atoms with Crippen molar-refractivity contribution in [3.05, 3.63) is 29.8 Å². The van der Waals surface area contributed by atoms with Crippen molar-refractivity contribution in [3.8, 4) is 0 Å². The van der Waals surface area contributed by atoms with E-state index >= 15 is 0 Å². The number of amides is 1. The number of carboxylic acids is 1. The van der Waals surface area contributed by atoms with E-state index < -0.39 is 5.97 Å². The molecule has 0 atom stereocenters. The summed E-state index contributed by atoms with van der Waals surface area (Å²) in [5.74, 6) is -1.45. The zero-order chi connectivity index (χ0) is 10.6. The summed E-state index contributed by atoms with van der Waals surface area (Å²) < 4.78 is 0. The molecule has 14 heavy (non-hydrogen) atoms. The Bertz CT molecular complexity index is 348. The van der Waals surface area contributed by atoms with Gasteiger partial charge in [-0.2, -0.15) is 0 Å². The molecule has 4 nitrogen and oxygen atoms in total. The highest BCUT2D eigenvalue weighted by Crippen LogP contribution is 2.09. The van der Waals surface area contributed by atoms with Crippen LogP contribution in [0.4, 0.5) is 5.69 Å². The molecule has 0 aliphatic carbocycles. The maximum Gasteiger partial charge on any atom is 0.335 e. The van der Waals surface area contributed by atoms with E-state index in [2.05, 4.69) is 5.32 Å². The molecule has 0 aromatic heterocycles. The normalized spacial score (nSPS) is 9.50. The largest absolute Gasteiger partial charge is 0.478 e. The molecule has 1 aromatic carbocycles. The molecule has 0 spiro atoms. The fourth-order valence-corrected chi connectivity index (χ4v) is 0.957. The molecule has 0 radical (unpaired) electrons. The van der Waals surface area contributed by atoms with Gasteiger partial charge >= 0.3 is 5.97 Å². The Hall–Kier alpha value is -1.55. The van der Waals surface area contributed by atoms with Gasteiger partial charge in [-0.1, -0.05) is 0 Å². The van der Waals surface area contributed by atoms with E-state index in [1.165, 1.54) is 24.3 Å². The first-order chi connectivity index (χ1) is 6.63. The van der Waals surface area contributed by atoms with Gasteiger partial charge < -0.3 is 10.4 Å². The summed E-state index contributed by atoms with van der Waals surface area (Å²) in [6.07, 6.45) is 0. The number of anilines is 1. The fourth-order valence-electron chi connectivity index (χ4n) is 0.891. The molecule has 0 bridgehead atoms. The van der Waals surface area contributed by atoms with Crippen LogP contribution in [0.3, 0.4) is 0 Å². The number of benzene rings is 1. The summed E-state index contributed by atoms with van der Waals surface area (Å²) >= 11 is 5.28. The lowest BCUT2D eigenvalue weighted by molar-refractivity contribution is -0.113. The summed E-state index contributed by atoms with van der Waals surface area (Å²) in [6.45, 7) is 0. The highest BCUT2D eigenvalue weighted by molar-refractivity contribution is 6.29. The molecule has 0 saturated carbocycles. The number of hydrogen-bond acceptors (Lipinski definition) is 2. The Morgan fingerprint density at radius 2 is 1.86 bits per heavy atom. The Labute approximate surface area is 85.5 Å². The van der Waals surface area contributed by atoms with Crippen LogP contribution in [-0.4, -0.2) is 22.9 Å². The van der Waals surface area contributed by atoms with Gasteiger partial charge in [-0.05, 0) is 24.3 Å². The average molecular weight is 214 g/mol. The van der Waals surface area contributed by atoms with Crippen molar-refractivity contribution in [2.45, 2.75) is 0 Å². The van der Waals surface area contributed by atoms with E-state index in [1.807, 2.05) is 0 Å². The molecule has 2 N–H and O–H groups in total. The molecule has 74 valence electrons. The van der Waals surface area contributed by atoms with Gasteiger partial charge in [0.15, 0.2) is 0 Å². The lowest BCUT2D eigenvalue weighted by Gasteiger charge is -2.02. The molecule has 0 fully saturated rings. The minimum Gasteiger partial charge on any atom is -0.478 e. The second-order valence-electron chi connectivity index (χ2n) is 2.56. The van der Waals surface area contributed by atoms with Gasteiger partial charge in [0, 0.05) is 5.69 Å². The predicted molar refractivity (Wildman–Crippen MR) is 52.8 cm³/mol. The van der Waals surface area contributed by atoms with Gasteiger partial charge in [-0.25, -0.2) is 4.79 Å². The van der Waals surface area contributed by atoms with Gasteiger partial charge in [0.25, 0.3) is 0 Å². The third-order valence-electron chi connectivity index (χ3n) is 1.54. The smallest absolute Gasteiger partial charge is 0.335 e. The summed E-state index contributed by atoms with van der Waals surface area (Å²) in [5.41, 5.74) is 0.703. The number of carbonyl (C=O) groups is 2. The minimum absolute atomic E-state index is 0.124. The van der Waals surface area contributed by atoms with E-state index in [0.717, 1.165) is 0 Å². The van der Waals surface area contributed by atoms with Gasteiger partial charge in [-0.15, -0.1) is 11.6 Å². The molecular weight excluding hydrogens is 206 g/mol. The first kappa shape index (κ1) is 10.5. The Morgan fingerprint density at radius 3 is 2.29 bits per heavy atom. The monoisotopic (exact) mass is 213 g/mol. The van der Waals surface area contributed by atoms with Crippen molar-refractivity contribution in [3.63, 3.8) is 0 Å². The molecule has 0 aliphatic rings. The lowest BCUT2D eigenvalue weighted by atomic mass is 10.2. The Kier molecular flexibility index (Phi) is 3.48. The lowest BCUT2D eigenvalue weighted by Crippen LogP contribution is -2.12.